The number of halogens is 1. The Morgan fingerprint density at radius 3 is 2.67 bits per heavy atom. The van der Waals surface area contributed by atoms with Crippen molar-refractivity contribution in [2.75, 3.05) is 13.1 Å². The molecule has 1 fully saturated rings. The van der Waals surface area contributed by atoms with Crippen LogP contribution < -0.4 is 0 Å². The van der Waals surface area contributed by atoms with Gasteiger partial charge in [0.25, 0.3) is 0 Å². The van der Waals surface area contributed by atoms with E-state index < -0.39 is 12.0 Å². The third-order valence-electron chi connectivity index (χ3n) is 3.75. The van der Waals surface area contributed by atoms with Gasteiger partial charge < -0.3 is 5.11 Å². The zero-order chi connectivity index (χ0) is 13.1. The highest BCUT2D eigenvalue weighted by molar-refractivity contribution is 5.73. The molecule has 1 aromatic rings. The number of rotatable bonds is 3. The smallest absolute Gasteiger partial charge is 0.320 e. The van der Waals surface area contributed by atoms with Crippen LogP contribution in [0.15, 0.2) is 24.3 Å². The van der Waals surface area contributed by atoms with E-state index in [1.165, 1.54) is 12.1 Å². The van der Waals surface area contributed by atoms with Crippen molar-refractivity contribution in [3.05, 3.63) is 35.6 Å². The van der Waals surface area contributed by atoms with Crippen molar-refractivity contribution < 1.29 is 14.3 Å². The molecule has 2 atom stereocenters. The summed E-state index contributed by atoms with van der Waals surface area (Å²) in [6, 6.07) is 5.99. The SMILES string of the molecule is CCN1CC[C@H](c2ccc(F)cc2)C[C@@H]1C(=O)O. The monoisotopic (exact) mass is 251 g/mol. The first-order chi connectivity index (χ1) is 8.61. The minimum Gasteiger partial charge on any atom is -0.480 e. The van der Waals surface area contributed by atoms with Gasteiger partial charge in [-0.15, -0.1) is 0 Å². The number of hydrogen-bond donors (Lipinski definition) is 1. The van der Waals surface area contributed by atoms with E-state index in [0.29, 0.717) is 6.42 Å². The van der Waals surface area contributed by atoms with Crippen LogP contribution in [0.3, 0.4) is 0 Å². The molecule has 0 saturated carbocycles. The van der Waals surface area contributed by atoms with E-state index in [9.17, 15) is 14.3 Å². The van der Waals surface area contributed by atoms with Gasteiger partial charge in [-0.2, -0.15) is 0 Å². The van der Waals surface area contributed by atoms with Crippen molar-refractivity contribution in [3.8, 4) is 0 Å². The Morgan fingerprint density at radius 1 is 1.44 bits per heavy atom. The van der Waals surface area contributed by atoms with Gasteiger partial charge in [0.1, 0.15) is 11.9 Å². The largest absolute Gasteiger partial charge is 0.480 e. The van der Waals surface area contributed by atoms with Crippen LogP contribution in [0.2, 0.25) is 0 Å². The molecule has 1 aliphatic rings. The van der Waals surface area contributed by atoms with Crippen LogP contribution in [-0.2, 0) is 4.79 Å². The van der Waals surface area contributed by atoms with Gasteiger partial charge >= 0.3 is 5.97 Å². The zero-order valence-corrected chi connectivity index (χ0v) is 10.5. The highest BCUT2D eigenvalue weighted by atomic mass is 19.1. The summed E-state index contributed by atoms with van der Waals surface area (Å²) in [7, 11) is 0. The molecule has 1 aromatic carbocycles. The first kappa shape index (κ1) is 13.0. The average Bonchev–Trinajstić information content (AvgIpc) is 2.39. The second-order valence-electron chi connectivity index (χ2n) is 4.76. The highest BCUT2D eigenvalue weighted by Crippen LogP contribution is 2.31. The summed E-state index contributed by atoms with van der Waals surface area (Å²) >= 11 is 0. The number of carboxylic acids is 1. The number of carboxylic acid groups (broad SMARTS) is 1. The highest BCUT2D eigenvalue weighted by Gasteiger charge is 2.32. The van der Waals surface area contributed by atoms with E-state index in [2.05, 4.69) is 0 Å². The summed E-state index contributed by atoms with van der Waals surface area (Å²) in [6.45, 7) is 3.52. The number of benzene rings is 1. The summed E-state index contributed by atoms with van der Waals surface area (Å²) in [5.74, 6) is -0.794. The molecule has 2 rings (SSSR count). The maximum absolute atomic E-state index is 12.9. The van der Waals surface area contributed by atoms with E-state index >= 15 is 0 Å². The van der Waals surface area contributed by atoms with Gasteiger partial charge in [-0.3, -0.25) is 9.69 Å². The van der Waals surface area contributed by atoms with E-state index in [0.717, 1.165) is 25.1 Å². The predicted octanol–water partition coefficient (Wildman–Crippen LogP) is 2.48. The standard InChI is InChI=1S/C14H18FNO2/c1-2-16-8-7-11(9-13(16)14(17)18)10-3-5-12(15)6-4-10/h3-6,11,13H,2,7-9H2,1H3,(H,17,18)/t11-,13+/m0/s1. The molecule has 4 heteroatoms. The quantitative estimate of drug-likeness (QED) is 0.897. The lowest BCUT2D eigenvalue weighted by Gasteiger charge is -2.36. The van der Waals surface area contributed by atoms with Crippen LogP contribution in [0.5, 0.6) is 0 Å². The lowest BCUT2D eigenvalue weighted by Crippen LogP contribution is -2.46. The molecule has 0 bridgehead atoms. The van der Waals surface area contributed by atoms with E-state index in [4.69, 9.17) is 0 Å². The molecular weight excluding hydrogens is 233 g/mol. The number of piperidine rings is 1. The molecule has 0 aliphatic carbocycles. The number of likely N-dealkylation sites (tertiary alicyclic amines) is 1. The number of likely N-dealkylation sites (N-methyl/N-ethyl adjacent to an activating group) is 1. The second kappa shape index (κ2) is 5.48. The molecule has 0 unspecified atom stereocenters. The van der Waals surface area contributed by atoms with Gasteiger partial charge in [0.15, 0.2) is 0 Å². The van der Waals surface area contributed by atoms with Gasteiger partial charge in [0.05, 0.1) is 0 Å². The summed E-state index contributed by atoms with van der Waals surface area (Å²) < 4.78 is 12.9. The average molecular weight is 251 g/mol. The zero-order valence-electron chi connectivity index (χ0n) is 10.5. The van der Waals surface area contributed by atoms with Crippen molar-refractivity contribution in [1.82, 2.24) is 4.90 Å². The normalized spacial score (nSPS) is 25.0. The fourth-order valence-corrected chi connectivity index (χ4v) is 2.69. The molecule has 0 radical (unpaired) electrons. The van der Waals surface area contributed by atoms with Crippen molar-refractivity contribution in [3.63, 3.8) is 0 Å². The summed E-state index contributed by atoms with van der Waals surface area (Å²) in [5, 5.41) is 9.25. The van der Waals surface area contributed by atoms with Crippen molar-refractivity contribution >= 4 is 5.97 Å². The first-order valence-electron chi connectivity index (χ1n) is 6.34. The molecule has 18 heavy (non-hydrogen) atoms. The lowest BCUT2D eigenvalue weighted by atomic mass is 9.85. The van der Waals surface area contributed by atoms with Crippen LogP contribution >= 0.6 is 0 Å². The molecule has 1 saturated heterocycles. The fourth-order valence-electron chi connectivity index (χ4n) is 2.69. The van der Waals surface area contributed by atoms with Gasteiger partial charge in [-0.05, 0) is 49.5 Å². The number of aliphatic carboxylic acids is 1. The molecule has 1 aliphatic heterocycles. The van der Waals surface area contributed by atoms with E-state index in [-0.39, 0.29) is 11.7 Å². The van der Waals surface area contributed by atoms with Gasteiger partial charge in [0.2, 0.25) is 0 Å². The maximum atomic E-state index is 12.9. The molecule has 0 spiro atoms. The van der Waals surface area contributed by atoms with Crippen LogP contribution in [-0.4, -0.2) is 35.1 Å². The Hall–Kier alpha value is -1.42. The van der Waals surface area contributed by atoms with E-state index in [1.54, 1.807) is 12.1 Å². The van der Waals surface area contributed by atoms with Crippen LogP contribution in [0.1, 0.15) is 31.2 Å². The van der Waals surface area contributed by atoms with Gasteiger partial charge in [0, 0.05) is 0 Å². The van der Waals surface area contributed by atoms with Gasteiger partial charge in [-0.1, -0.05) is 19.1 Å². The molecule has 1 N–H and O–H groups in total. The Morgan fingerprint density at radius 2 is 2.11 bits per heavy atom. The Labute approximate surface area is 106 Å². The van der Waals surface area contributed by atoms with Crippen LogP contribution in [0, 0.1) is 5.82 Å². The molecule has 1 heterocycles. The molecule has 0 aromatic heterocycles. The molecule has 0 amide bonds. The van der Waals surface area contributed by atoms with Crippen molar-refractivity contribution in [2.45, 2.75) is 31.7 Å². The van der Waals surface area contributed by atoms with Crippen LogP contribution in [0.25, 0.3) is 0 Å². The maximum Gasteiger partial charge on any atom is 0.320 e. The van der Waals surface area contributed by atoms with Crippen molar-refractivity contribution in [2.24, 2.45) is 0 Å². The Bertz CT molecular complexity index is 418. The molecular formula is C14H18FNO2. The lowest BCUT2D eigenvalue weighted by molar-refractivity contribution is -0.144. The topological polar surface area (TPSA) is 40.5 Å². The van der Waals surface area contributed by atoms with Crippen LogP contribution in [0.4, 0.5) is 4.39 Å². The fraction of sp³-hybridized carbons (Fsp3) is 0.500. The van der Waals surface area contributed by atoms with Gasteiger partial charge in [-0.25, -0.2) is 4.39 Å². The minimum atomic E-state index is -0.760. The number of hydrogen-bond acceptors (Lipinski definition) is 2. The van der Waals surface area contributed by atoms with E-state index in [1.807, 2.05) is 11.8 Å². The summed E-state index contributed by atoms with van der Waals surface area (Å²) in [4.78, 5) is 13.2. The predicted molar refractivity (Wildman–Crippen MR) is 67.0 cm³/mol. The Balaban J connectivity index is 2.12. The second-order valence-corrected chi connectivity index (χ2v) is 4.76. The minimum absolute atomic E-state index is 0.217. The molecule has 98 valence electrons. The third kappa shape index (κ3) is 2.70. The summed E-state index contributed by atoms with van der Waals surface area (Å²) in [6.07, 6.45) is 1.54. The van der Waals surface area contributed by atoms with Crippen molar-refractivity contribution in [1.29, 1.82) is 0 Å². The first-order valence-corrected chi connectivity index (χ1v) is 6.34. The third-order valence-corrected chi connectivity index (χ3v) is 3.75. The number of nitrogens with zero attached hydrogens (tertiary/aromatic N) is 1. The summed E-state index contributed by atoms with van der Waals surface area (Å²) in [5.41, 5.74) is 1.04. The molecule has 3 nitrogen and oxygen atoms in total. The Kier molecular flexibility index (Phi) is 3.97. The number of carbonyl (C=O) groups is 1.